The van der Waals surface area contributed by atoms with E-state index in [0.717, 1.165) is 4.90 Å². The van der Waals surface area contributed by atoms with Gasteiger partial charge in [-0.05, 0) is 99.3 Å². The standard InChI is InChI=1S/C81H126N26O23S3/c1-39(2)27-49(69(119)95-48(22-26-133-6)67(117)105-58(38-132)78(128)107-25-14-21-59(107)76(126)101-54(34-108)74(124)99-51(71(121)103-56(36-110)79(129)130)29-43-32-91-45-18-11-10-17-44(43)45)97-75(125)55(35-109)102-77(127)63(40(3)4)106-68(118)47(20-13-24-90-81(87)88)94-72(122)53(31-61(84)112)100-66(116)46(19-12-23-89-80(85)86)93-62(113)33-92-65(115)57(37-131)104-70(120)50(28-42-15-8-7-9-16-42)98-73(123)52(30-60(83)111)96-64(114)41(5)82/h7-11,15-18,32,39-41,46-59,63,91,108-110,131-132H,12-14,19-31,33-38,82H2,1-6H3,(H2,83,111)(H2,84,112)(H,92,115)(H,93,113)(H,94,122)(H,95,119)(H,96,114)(H,97,125)(H,98,123)(H,99,124)(H,100,116)(H,101,126)(H,102,127)(H,103,121)(H,104,120)(H,105,117)(H,106,118)(H,129,130)(H4,85,86,89)(H4,87,88,90)/t41-,46-,47-,48-,49-,50-,51-,52-,53-,54-,55-,56-,57-,58-,59-,63-/m0/s1. The summed E-state index contributed by atoms with van der Waals surface area (Å²) < 4.78 is 0. The Balaban J connectivity index is 1.50. The van der Waals surface area contributed by atoms with Crippen molar-refractivity contribution < 1.29 is 112 Å². The molecule has 1 aliphatic heterocycles. The second kappa shape index (κ2) is 57.6. The summed E-state index contributed by atoms with van der Waals surface area (Å²) in [5.74, 6) is -22.8. The normalized spacial score (nSPS) is 15.7. The minimum absolute atomic E-state index is 0.0261. The number of aromatic nitrogens is 1. The van der Waals surface area contributed by atoms with Gasteiger partial charge in [-0.25, -0.2) is 4.79 Å². The van der Waals surface area contributed by atoms with Crippen molar-refractivity contribution in [2.75, 3.05) is 69.5 Å². The molecule has 4 rings (SSSR count). The van der Waals surface area contributed by atoms with Crippen LogP contribution in [-0.2, 0) is 104 Å². The van der Waals surface area contributed by atoms with E-state index in [4.69, 9.17) is 39.5 Å². The highest BCUT2D eigenvalue weighted by atomic mass is 32.2. The molecular formula is C81H126N26O23S3. The van der Waals surface area contributed by atoms with Crippen LogP contribution in [0.1, 0.15) is 110 Å². The first-order valence-corrected chi connectivity index (χ1v) is 45.2. The van der Waals surface area contributed by atoms with Crippen LogP contribution in [0.15, 0.2) is 60.8 Å². The van der Waals surface area contributed by atoms with Crippen LogP contribution in [0, 0.1) is 22.7 Å². The molecule has 133 heavy (non-hydrogen) atoms. The molecule has 0 bridgehead atoms. The molecule has 52 heteroatoms. The Labute approximate surface area is 781 Å². The fourth-order valence-electron chi connectivity index (χ4n) is 13.5. The fraction of sp³-hybridized carbons (Fsp3) is 0.568. The minimum atomic E-state index is -1.94. The Morgan fingerprint density at radius 3 is 1.41 bits per heavy atom. The number of aliphatic carboxylic acids is 1. The average Bonchev–Trinajstić information content (AvgIpc) is 1.80. The monoisotopic (exact) mass is 1930 g/mol. The molecule has 16 atom stereocenters. The summed E-state index contributed by atoms with van der Waals surface area (Å²) in [6, 6.07) is -10.0. The number of fused-ring (bicyclic) bond motifs is 1. The molecule has 34 N–H and O–H groups in total. The lowest BCUT2D eigenvalue weighted by Crippen LogP contribution is -2.62. The third-order valence-corrected chi connectivity index (χ3v) is 21.9. The number of benzene rings is 2. The van der Waals surface area contributed by atoms with Crippen molar-refractivity contribution in [1.82, 2.24) is 100 Å². The first kappa shape index (κ1) is 113. The number of para-hydroxylation sites is 1. The Kier molecular flexibility index (Phi) is 48.8. The number of amides is 18. The van der Waals surface area contributed by atoms with E-state index in [1.165, 1.54) is 32.5 Å². The SMILES string of the molecule is CSCC[C@H](NC(=O)[C@H](CC(C)C)NC(=O)[C@H](CO)NC(=O)[C@@H](NC(=O)[C@H](CCCNC(=N)N)NC(=O)[C@H](CC(N)=O)NC(=O)[C@H](CCCNC(=N)N)NC(=O)CNC(=O)[C@H](CS)NC(=O)[C@H](Cc1ccccc1)NC(=O)[C@H](CC(N)=O)NC(=O)[C@H](C)N)C(C)C)C(=O)N[C@@H](CS)C(=O)N1CCC[C@H]1C(=O)N[C@@H](CO)C(=O)N[C@@H](Cc1c[nH]c2ccccc12)C(=O)N[C@@H](CO)C(=O)O. The van der Waals surface area contributed by atoms with Gasteiger partial charge in [0.05, 0.1) is 45.2 Å². The lowest BCUT2D eigenvalue weighted by molar-refractivity contribution is -0.143. The van der Waals surface area contributed by atoms with Crippen LogP contribution in [-0.4, -0.2) is 321 Å². The van der Waals surface area contributed by atoms with Gasteiger partial charge in [-0.1, -0.05) is 76.2 Å². The van der Waals surface area contributed by atoms with E-state index in [1.807, 2.05) is 0 Å². The first-order chi connectivity index (χ1) is 62.9. The number of nitrogens with two attached hydrogens (primary N) is 5. The number of carbonyl (C=O) groups excluding carboxylic acids is 18. The van der Waals surface area contributed by atoms with Gasteiger partial charge in [0.15, 0.2) is 11.9 Å². The number of nitrogens with zero attached hydrogens (tertiary/aromatic N) is 1. The number of thioether (sulfide) groups is 1. The molecule has 0 unspecified atom stereocenters. The van der Waals surface area contributed by atoms with Crippen LogP contribution in [0.2, 0.25) is 0 Å². The van der Waals surface area contributed by atoms with Crippen molar-refractivity contribution in [1.29, 1.82) is 10.8 Å². The van der Waals surface area contributed by atoms with E-state index in [0.29, 0.717) is 22.0 Å². The Morgan fingerprint density at radius 1 is 0.481 bits per heavy atom. The zero-order valence-corrected chi connectivity index (χ0v) is 77.0. The Bertz CT molecular complexity index is 4550. The number of aliphatic hydroxyl groups is 3. The fourth-order valence-corrected chi connectivity index (χ4v) is 14.5. The molecule has 736 valence electrons. The molecule has 3 aromatic rings. The highest BCUT2D eigenvalue weighted by Gasteiger charge is 2.43. The second-order valence-corrected chi connectivity index (χ2v) is 33.7. The van der Waals surface area contributed by atoms with Crippen LogP contribution >= 0.6 is 37.0 Å². The van der Waals surface area contributed by atoms with Crippen LogP contribution in [0.5, 0.6) is 0 Å². The molecule has 2 heterocycles. The number of carboxylic acid groups (broad SMARTS) is 1. The van der Waals surface area contributed by atoms with Gasteiger partial charge >= 0.3 is 5.97 Å². The van der Waals surface area contributed by atoms with E-state index in [-0.39, 0.29) is 101 Å². The van der Waals surface area contributed by atoms with Gasteiger partial charge in [0, 0.05) is 61.1 Å². The maximum atomic E-state index is 14.6. The summed E-state index contributed by atoms with van der Waals surface area (Å²) in [5.41, 5.74) is 29.3. The van der Waals surface area contributed by atoms with E-state index >= 15 is 0 Å². The van der Waals surface area contributed by atoms with Gasteiger partial charge in [0.25, 0.3) is 0 Å². The third-order valence-electron chi connectivity index (χ3n) is 20.5. The summed E-state index contributed by atoms with van der Waals surface area (Å²) in [4.78, 5) is 265. The summed E-state index contributed by atoms with van der Waals surface area (Å²) >= 11 is 9.83. The van der Waals surface area contributed by atoms with E-state index < -0.39 is 272 Å². The van der Waals surface area contributed by atoms with Crippen molar-refractivity contribution in [3.8, 4) is 0 Å². The summed E-state index contributed by atoms with van der Waals surface area (Å²) in [6.45, 7) is 3.42. The van der Waals surface area contributed by atoms with Crippen LogP contribution in [0.25, 0.3) is 10.9 Å². The van der Waals surface area contributed by atoms with E-state index in [1.54, 1.807) is 80.9 Å². The number of guanidine groups is 2. The van der Waals surface area contributed by atoms with Gasteiger partial charge < -0.3 is 149 Å². The van der Waals surface area contributed by atoms with Gasteiger partial charge in [-0.3, -0.25) is 97.1 Å². The Hall–Kier alpha value is -12.7. The number of aromatic amines is 1. The molecule has 1 aliphatic rings. The molecule has 1 saturated heterocycles. The highest BCUT2D eigenvalue weighted by Crippen LogP contribution is 2.23. The Morgan fingerprint density at radius 2 is 0.910 bits per heavy atom. The topological polar surface area (TPSA) is 807 Å². The van der Waals surface area contributed by atoms with Gasteiger partial charge in [-0.2, -0.15) is 37.0 Å². The smallest absolute Gasteiger partial charge is 0.328 e. The quantitative estimate of drug-likeness (QED) is 0.0108. The molecule has 0 aliphatic carbocycles. The number of aliphatic hydroxyl groups excluding tert-OH is 3. The molecule has 0 radical (unpaired) electrons. The average molecular weight is 1930 g/mol. The van der Waals surface area contributed by atoms with E-state index in [2.05, 4.69) is 121 Å². The predicted molar refractivity (Wildman–Crippen MR) is 490 cm³/mol. The van der Waals surface area contributed by atoms with Crippen molar-refractivity contribution in [3.05, 3.63) is 71.9 Å². The number of nitrogens with one attached hydrogen (secondary N) is 20. The number of primary amides is 2. The zero-order chi connectivity index (χ0) is 99.5. The maximum absolute atomic E-state index is 14.6. The van der Waals surface area contributed by atoms with Crippen molar-refractivity contribution >= 4 is 172 Å². The maximum Gasteiger partial charge on any atom is 0.328 e. The zero-order valence-electron chi connectivity index (χ0n) is 74.4. The predicted octanol–water partition coefficient (Wildman–Crippen LogP) is -10.2. The third kappa shape index (κ3) is 38.6. The van der Waals surface area contributed by atoms with Crippen molar-refractivity contribution in [2.24, 2.45) is 40.5 Å². The number of hydrogen-bond acceptors (Lipinski definition) is 28. The molecule has 18 amide bonds. The first-order valence-electron chi connectivity index (χ1n) is 42.6. The second-order valence-electron chi connectivity index (χ2n) is 32.0. The van der Waals surface area contributed by atoms with Crippen LogP contribution in [0.3, 0.4) is 0 Å². The number of carboxylic acids is 1. The number of likely N-dealkylation sites (tertiary alicyclic amines) is 1. The van der Waals surface area contributed by atoms with Gasteiger partial charge in [0.2, 0.25) is 106 Å². The lowest BCUT2D eigenvalue weighted by atomic mass is 10.0. The molecule has 1 aromatic heterocycles. The molecule has 49 nitrogen and oxygen atoms in total. The summed E-state index contributed by atoms with van der Waals surface area (Å²) in [6.07, 6.45) is 0.608. The van der Waals surface area contributed by atoms with Crippen molar-refractivity contribution in [3.63, 3.8) is 0 Å². The largest absolute Gasteiger partial charge is 0.480 e. The van der Waals surface area contributed by atoms with E-state index in [9.17, 15) is 112 Å². The van der Waals surface area contributed by atoms with Gasteiger partial charge in [-0.15, -0.1) is 0 Å². The molecule has 1 fully saturated rings. The number of hydrogen-bond donors (Lipinski definition) is 31. The summed E-state index contributed by atoms with van der Waals surface area (Å²) in [5, 5.41) is 97.7. The number of carbonyl (C=O) groups is 19. The molecular weight excluding hydrogens is 1800 g/mol. The summed E-state index contributed by atoms with van der Waals surface area (Å²) in [7, 11) is 0. The lowest BCUT2D eigenvalue weighted by Gasteiger charge is -2.30. The van der Waals surface area contributed by atoms with Crippen LogP contribution < -0.4 is 119 Å². The molecule has 0 spiro atoms. The molecule has 2 aromatic carbocycles. The molecule has 0 saturated carbocycles. The number of rotatable bonds is 59. The highest BCUT2D eigenvalue weighted by molar-refractivity contribution is 7.98. The van der Waals surface area contributed by atoms with Gasteiger partial charge in [0.1, 0.15) is 90.6 Å². The number of H-pyrrole nitrogens is 1. The van der Waals surface area contributed by atoms with Crippen LogP contribution in [0.4, 0.5) is 0 Å². The number of thiol groups is 2. The minimum Gasteiger partial charge on any atom is -0.480 e. The van der Waals surface area contributed by atoms with Crippen molar-refractivity contribution in [2.45, 2.75) is 208 Å².